The lowest BCUT2D eigenvalue weighted by atomic mass is 9.97. The molecule has 2 heterocycles. The zero-order valence-electron chi connectivity index (χ0n) is 11.9. The Kier molecular flexibility index (Phi) is 4.17. The molecule has 0 aliphatic carbocycles. The van der Waals surface area contributed by atoms with Crippen molar-refractivity contribution in [1.82, 2.24) is 15.2 Å². The summed E-state index contributed by atoms with van der Waals surface area (Å²) in [6.07, 6.45) is 1.37. The van der Waals surface area contributed by atoms with Crippen LogP contribution in [-0.4, -0.2) is 39.9 Å². The van der Waals surface area contributed by atoms with Crippen LogP contribution in [0.1, 0.15) is 30.3 Å². The number of aromatic nitrogens is 3. The number of hydrogen-bond acceptors (Lipinski definition) is 5. The first-order valence-corrected chi connectivity index (χ1v) is 7.38. The summed E-state index contributed by atoms with van der Waals surface area (Å²) in [5.74, 6) is 1.75. The fraction of sp³-hybridized carbons (Fsp3) is 0.467. The lowest BCUT2D eigenvalue weighted by molar-refractivity contribution is 0.210. The van der Waals surface area contributed by atoms with Gasteiger partial charge in [-0.3, -0.25) is 5.10 Å². The number of anilines is 1. The summed E-state index contributed by atoms with van der Waals surface area (Å²) in [4.78, 5) is 6.58. The number of benzene rings is 1. The average molecular weight is 287 g/mol. The minimum Gasteiger partial charge on any atom is -0.380 e. The SMILES string of the molecule is NCC1CCN(c2n[nH]c(C(O)c3ccccc3)n2)CC1. The van der Waals surface area contributed by atoms with E-state index in [9.17, 15) is 5.11 Å². The third kappa shape index (κ3) is 3.06. The van der Waals surface area contributed by atoms with Gasteiger partial charge >= 0.3 is 0 Å². The Balaban J connectivity index is 1.69. The highest BCUT2D eigenvalue weighted by molar-refractivity contribution is 5.31. The molecule has 0 saturated carbocycles. The van der Waals surface area contributed by atoms with Gasteiger partial charge in [0.05, 0.1) is 0 Å². The van der Waals surface area contributed by atoms with Crippen molar-refractivity contribution in [3.8, 4) is 0 Å². The lowest BCUT2D eigenvalue weighted by Crippen LogP contribution is -2.36. The zero-order chi connectivity index (χ0) is 14.7. The summed E-state index contributed by atoms with van der Waals surface area (Å²) in [7, 11) is 0. The Morgan fingerprint density at radius 2 is 2.00 bits per heavy atom. The molecule has 3 rings (SSSR count). The number of nitrogens with two attached hydrogens (primary N) is 1. The van der Waals surface area contributed by atoms with Crippen LogP contribution in [0.4, 0.5) is 5.95 Å². The number of H-pyrrole nitrogens is 1. The molecule has 0 amide bonds. The number of aromatic amines is 1. The molecule has 1 aromatic heterocycles. The normalized spacial score (nSPS) is 17.9. The molecule has 1 aliphatic heterocycles. The van der Waals surface area contributed by atoms with E-state index in [2.05, 4.69) is 20.1 Å². The Bertz CT molecular complexity index is 562. The van der Waals surface area contributed by atoms with E-state index in [4.69, 9.17) is 5.73 Å². The average Bonchev–Trinajstić information content (AvgIpc) is 3.05. The van der Waals surface area contributed by atoms with Gasteiger partial charge in [0.2, 0.25) is 5.95 Å². The summed E-state index contributed by atoms with van der Waals surface area (Å²) in [5, 5.41) is 17.4. The van der Waals surface area contributed by atoms with Crippen LogP contribution >= 0.6 is 0 Å². The topological polar surface area (TPSA) is 91.1 Å². The number of rotatable bonds is 4. The molecule has 1 saturated heterocycles. The van der Waals surface area contributed by atoms with E-state index in [0.29, 0.717) is 17.7 Å². The minimum atomic E-state index is -0.769. The fourth-order valence-electron chi connectivity index (χ4n) is 2.69. The van der Waals surface area contributed by atoms with Gasteiger partial charge in [-0.15, -0.1) is 5.10 Å². The molecule has 1 aromatic carbocycles. The van der Waals surface area contributed by atoms with Gasteiger partial charge in [-0.2, -0.15) is 4.98 Å². The third-order valence-electron chi connectivity index (χ3n) is 4.10. The number of aliphatic hydroxyl groups excluding tert-OH is 1. The maximum atomic E-state index is 10.3. The second-order valence-electron chi connectivity index (χ2n) is 5.50. The molecule has 0 bridgehead atoms. The van der Waals surface area contributed by atoms with Crippen LogP contribution in [0.5, 0.6) is 0 Å². The molecule has 6 heteroatoms. The minimum absolute atomic E-state index is 0.483. The van der Waals surface area contributed by atoms with Crippen LogP contribution in [-0.2, 0) is 0 Å². The molecule has 1 atom stereocenters. The van der Waals surface area contributed by atoms with Crippen LogP contribution in [0.25, 0.3) is 0 Å². The Hall–Kier alpha value is -1.92. The van der Waals surface area contributed by atoms with Crippen molar-refractivity contribution in [1.29, 1.82) is 0 Å². The van der Waals surface area contributed by atoms with E-state index < -0.39 is 6.10 Å². The van der Waals surface area contributed by atoms with Gasteiger partial charge in [0, 0.05) is 13.1 Å². The van der Waals surface area contributed by atoms with Gasteiger partial charge in [-0.05, 0) is 30.9 Å². The van der Waals surface area contributed by atoms with Crippen molar-refractivity contribution >= 4 is 5.95 Å². The summed E-state index contributed by atoms with van der Waals surface area (Å²) in [5.41, 5.74) is 6.51. The van der Waals surface area contributed by atoms with Crippen LogP contribution in [0, 0.1) is 5.92 Å². The van der Waals surface area contributed by atoms with E-state index in [1.54, 1.807) is 0 Å². The molecule has 4 N–H and O–H groups in total. The van der Waals surface area contributed by atoms with Crippen LogP contribution in [0.15, 0.2) is 30.3 Å². The van der Waals surface area contributed by atoms with Crippen molar-refractivity contribution in [2.24, 2.45) is 11.7 Å². The monoisotopic (exact) mass is 287 g/mol. The number of piperidine rings is 1. The predicted octanol–water partition coefficient (Wildman–Crippen LogP) is 1.06. The van der Waals surface area contributed by atoms with Crippen LogP contribution < -0.4 is 10.6 Å². The van der Waals surface area contributed by atoms with Gasteiger partial charge in [-0.1, -0.05) is 30.3 Å². The largest absolute Gasteiger partial charge is 0.380 e. The molecule has 0 spiro atoms. The Labute approximate surface area is 124 Å². The fourth-order valence-corrected chi connectivity index (χ4v) is 2.69. The molecule has 21 heavy (non-hydrogen) atoms. The van der Waals surface area contributed by atoms with E-state index in [-0.39, 0.29) is 0 Å². The zero-order valence-corrected chi connectivity index (χ0v) is 11.9. The van der Waals surface area contributed by atoms with Crippen LogP contribution in [0.3, 0.4) is 0 Å². The van der Waals surface area contributed by atoms with Gasteiger partial charge in [0.1, 0.15) is 6.10 Å². The summed E-state index contributed by atoms with van der Waals surface area (Å²) < 4.78 is 0. The number of aliphatic hydroxyl groups is 1. The van der Waals surface area contributed by atoms with Crippen molar-refractivity contribution in [2.75, 3.05) is 24.5 Å². The van der Waals surface area contributed by atoms with Gasteiger partial charge in [0.25, 0.3) is 0 Å². The van der Waals surface area contributed by atoms with Gasteiger partial charge < -0.3 is 15.7 Å². The number of nitrogens with one attached hydrogen (secondary N) is 1. The molecule has 1 fully saturated rings. The third-order valence-corrected chi connectivity index (χ3v) is 4.10. The number of hydrogen-bond donors (Lipinski definition) is 3. The maximum Gasteiger partial charge on any atom is 0.244 e. The van der Waals surface area contributed by atoms with Crippen molar-refractivity contribution in [3.63, 3.8) is 0 Å². The summed E-state index contributed by atoms with van der Waals surface area (Å²) in [6, 6.07) is 9.46. The first kappa shape index (κ1) is 14.0. The molecule has 1 unspecified atom stereocenters. The molecule has 1 aliphatic rings. The predicted molar refractivity (Wildman–Crippen MR) is 80.9 cm³/mol. The molecule has 112 valence electrons. The van der Waals surface area contributed by atoms with Crippen LogP contribution in [0.2, 0.25) is 0 Å². The molecule has 6 nitrogen and oxygen atoms in total. The highest BCUT2D eigenvalue weighted by Gasteiger charge is 2.22. The quantitative estimate of drug-likeness (QED) is 0.782. The first-order valence-electron chi connectivity index (χ1n) is 7.38. The summed E-state index contributed by atoms with van der Waals surface area (Å²) >= 11 is 0. The van der Waals surface area contributed by atoms with Crippen molar-refractivity contribution < 1.29 is 5.11 Å². The highest BCUT2D eigenvalue weighted by Crippen LogP contribution is 2.23. The molecular formula is C15H21N5O. The van der Waals surface area contributed by atoms with Gasteiger partial charge in [-0.25, -0.2) is 0 Å². The smallest absolute Gasteiger partial charge is 0.244 e. The molecule has 0 radical (unpaired) electrons. The van der Waals surface area contributed by atoms with Crippen molar-refractivity contribution in [2.45, 2.75) is 18.9 Å². The van der Waals surface area contributed by atoms with Gasteiger partial charge in [0.15, 0.2) is 5.82 Å². The number of nitrogens with zero attached hydrogens (tertiary/aromatic N) is 3. The summed E-state index contributed by atoms with van der Waals surface area (Å²) in [6.45, 7) is 2.58. The maximum absolute atomic E-state index is 10.3. The van der Waals surface area contributed by atoms with E-state index in [1.807, 2.05) is 30.3 Å². The molecule has 2 aromatic rings. The Morgan fingerprint density at radius 1 is 1.29 bits per heavy atom. The van der Waals surface area contributed by atoms with E-state index in [0.717, 1.165) is 38.0 Å². The van der Waals surface area contributed by atoms with E-state index in [1.165, 1.54) is 0 Å². The van der Waals surface area contributed by atoms with Crippen molar-refractivity contribution in [3.05, 3.63) is 41.7 Å². The second-order valence-corrected chi connectivity index (χ2v) is 5.50. The lowest BCUT2D eigenvalue weighted by Gasteiger charge is -2.30. The highest BCUT2D eigenvalue weighted by atomic mass is 16.3. The first-order chi connectivity index (χ1) is 10.3. The van der Waals surface area contributed by atoms with E-state index >= 15 is 0 Å². The second kappa shape index (κ2) is 6.24. The standard InChI is InChI=1S/C15H21N5O/c16-10-11-6-8-20(9-7-11)15-17-14(18-19-15)13(21)12-4-2-1-3-5-12/h1-5,11,13,21H,6-10,16H2,(H,17,18,19). The Morgan fingerprint density at radius 3 is 2.67 bits per heavy atom. The molecular weight excluding hydrogens is 266 g/mol.